The maximum atomic E-state index is 14.0. The first-order valence-corrected chi connectivity index (χ1v) is 13.0. The normalized spacial score (nSPS) is 14.5. The molecular formula is C23H30ClF2N5O5S. The molecule has 2 heterocycles. The van der Waals surface area contributed by atoms with Crippen LogP contribution in [0.1, 0.15) is 35.2 Å². The fourth-order valence-corrected chi connectivity index (χ4v) is 4.68. The van der Waals surface area contributed by atoms with Crippen LogP contribution in [0.3, 0.4) is 0 Å². The van der Waals surface area contributed by atoms with Crippen molar-refractivity contribution >= 4 is 40.1 Å². The van der Waals surface area contributed by atoms with Crippen LogP contribution in [0, 0.1) is 11.6 Å². The molecule has 3 rings (SSSR count). The van der Waals surface area contributed by atoms with Gasteiger partial charge in [0.2, 0.25) is 5.88 Å². The number of hydrogen-bond donors (Lipinski definition) is 4. The molecule has 0 radical (unpaired) electrons. The first kappa shape index (κ1) is 29.0. The van der Waals surface area contributed by atoms with E-state index in [1.165, 1.54) is 0 Å². The van der Waals surface area contributed by atoms with E-state index in [0.29, 0.717) is 18.1 Å². The van der Waals surface area contributed by atoms with E-state index in [2.05, 4.69) is 24.8 Å². The molecule has 10 nitrogen and oxygen atoms in total. The smallest absolute Gasteiger partial charge is 0.344 e. The van der Waals surface area contributed by atoms with Crippen molar-refractivity contribution in [2.45, 2.75) is 25.9 Å². The van der Waals surface area contributed by atoms with Gasteiger partial charge in [-0.2, -0.15) is 4.37 Å². The Hall–Kier alpha value is -2.58. The molecule has 2 aromatic rings. The van der Waals surface area contributed by atoms with Crippen LogP contribution in [0.2, 0.25) is 5.02 Å². The van der Waals surface area contributed by atoms with Gasteiger partial charge in [-0.25, -0.2) is 18.4 Å². The van der Waals surface area contributed by atoms with Crippen molar-refractivity contribution in [3.63, 3.8) is 0 Å². The maximum Gasteiger partial charge on any atom is 0.344 e. The molecule has 0 aliphatic carbocycles. The van der Waals surface area contributed by atoms with Crippen LogP contribution in [0.5, 0.6) is 5.88 Å². The zero-order valence-corrected chi connectivity index (χ0v) is 21.7. The molecule has 1 aliphatic rings. The highest BCUT2D eigenvalue weighted by Crippen LogP contribution is 2.31. The fraction of sp³-hybridized carbons (Fsp3) is 0.522. The number of amides is 2. The molecule has 1 fully saturated rings. The quantitative estimate of drug-likeness (QED) is 0.217. The summed E-state index contributed by atoms with van der Waals surface area (Å²) in [6.07, 6.45) is 2.45. The first-order chi connectivity index (χ1) is 17.8. The molecule has 14 heteroatoms. The number of carbonyl (C=O) groups excluding carboxylic acids is 1. The fourth-order valence-electron chi connectivity index (χ4n) is 3.81. The predicted octanol–water partition coefficient (Wildman–Crippen LogP) is 3.25. The molecule has 1 aliphatic heterocycles. The first-order valence-electron chi connectivity index (χ1n) is 11.9. The number of carboxylic acids is 1. The minimum absolute atomic E-state index is 0.0400. The third kappa shape index (κ3) is 8.75. The van der Waals surface area contributed by atoms with Crippen LogP contribution in [-0.4, -0.2) is 88.8 Å². The zero-order chi connectivity index (χ0) is 26.8. The number of carbonyl (C=O) groups is 2. The second-order valence-corrected chi connectivity index (χ2v) is 9.67. The molecule has 37 heavy (non-hydrogen) atoms. The third-order valence-corrected chi connectivity index (χ3v) is 6.87. The Morgan fingerprint density at radius 1 is 1.08 bits per heavy atom. The second-order valence-electron chi connectivity index (χ2n) is 8.49. The number of aliphatic hydroxyl groups is 1. The van der Waals surface area contributed by atoms with Gasteiger partial charge in [0.25, 0.3) is 0 Å². The molecule has 204 valence electrons. The number of ether oxygens (including phenoxy) is 1. The van der Waals surface area contributed by atoms with Gasteiger partial charge in [-0.05, 0) is 49.5 Å². The number of rotatable bonds is 13. The molecule has 1 aromatic heterocycles. The van der Waals surface area contributed by atoms with Crippen LogP contribution in [0.25, 0.3) is 0 Å². The highest BCUT2D eigenvalue weighted by atomic mass is 35.5. The Morgan fingerprint density at radius 3 is 2.41 bits per heavy atom. The molecule has 0 bridgehead atoms. The summed E-state index contributed by atoms with van der Waals surface area (Å²) in [6.45, 7) is 5.91. The van der Waals surface area contributed by atoms with E-state index in [1.807, 2.05) is 0 Å². The number of nitrogens with zero attached hydrogens (tertiary/aromatic N) is 3. The lowest BCUT2D eigenvalue weighted by molar-refractivity contribution is 0.0693. The maximum absolute atomic E-state index is 14.0. The van der Waals surface area contributed by atoms with Crippen molar-refractivity contribution in [3.05, 3.63) is 39.9 Å². The van der Waals surface area contributed by atoms with E-state index in [0.717, 1.165) is 70.7 Å². The Morgan fingerprint density at radius 2 is 1.76 bits per heavy atom. The molecule has 0 spiro atoms. The van der Waals surface area contributed by atoms with Gasteiger partial charge in [0.05, 0.1) is 5.02 Å². The van der Waals surface area contributed by atoms with Gasteiger partial charge >= 0.3 is 12.0 Å². The number of aromatic carboxylic acids is 1. The second kappa shape index (κ2) is 14.4. The van der Waals surface area contributed by atoms with Crippen LogP contribution in [0.15, 0.2) is 12.1 Å². The number of unbranched alkanes of at least 4 members (excludes halogenated alkanes) is 1. The molecule has 1 aromatic carbocycles. The Bertz CT molecular complexity index is 1070. The van der Waals surface area contributed by atoms with E-state index in [9.17, 15) is 23.5 Å². The number of hydrogen-bond acceptors (Lipinski definition) is 8. The molecule has 2 amide bonds. The standard InChI is InChI=1S/C23H30ClF2N5O5S/c24-16-13-17(25)15(12-18(16)26)14-36-20-19(22(33)34)21(37-29-20)28-23(35)27-4-1-2-5-30-7-9-31(10-8-30)6-3-11-32/h12-13,32H,1-11,14H2,(H,33,34)(H2,27,28,35). The largest absolute Gasteiger partial charge is 0.477 e. The Balaban J connectivity index is 1.41. The number of carboxylic acid groups (broad SMARTS) is 1. The van der Waals surface area contributed by atoms with Crippen LogP contribution >= 0.6 is 23.1 Å². The third-order valence-electron chi connectivity index (χ3n) is 5.84. The van der Waals surface area contributed by atoms with Gasteiger partial charge in [0, 0.05) is 51.4 Å². The minimum atomic E-state index is -1.39. The molecule has 0 atom stereocenters. The average Bonchev–Trinajstić information content (AvgIpc) is 3.27. The van der Waals surface area contributed by atoms with Gasteiger partial charge in [0.1, 0.15) is 23.2 Å². The lowest BCUT2D eigenvalue weighted by atomic mass is 10.2. The van der Waals surface area contributed by atoms with E-state index in [-0.39, 0.29) is 33.6 Å². The molecule has 4 N–H and O–H groups in total. The Kier molecular flexibility index (Phi) is 11.3. The van der Waals surface area contributed by atoms with E-state index < -0.39 is 30.2 Å². The number of aromatic nitrogens is 1. The summed E-state index contributed by atoms with van der Waals surface area (Å²) < 4.78 is 36.8. The molecule has 0 saturated carbocycles. The van der Waals surface area contributed by atoms with E-state index >= 15 is 0 Å². The number of anilines is 1. The summed E-state index contributed by atoms with van der Waals surface area (Å²) in [5, 5.41) is 23.2. The number of urea groups is 1. The summed E-state index contributed by atoms with van der Waals surface area (Å²) in [6, 6.07) is 1.07. The number of benzene rings is 1. The van der Waals surface area contributed by atoms with Crippen molar-refractivity contribution in [3.8, 4) is 5.88 Å². The van der Waals surface area contributed by atoms with Gasteiger partial charge in [-0.1, -0.05) is 11.6 Å². The predicted molar refractivity (Wildman–Crippen MR) is 136 cm³/mol. The number of piperazine rings is 1. The van der Waals surface area contributed by atoms with Gasteiger partial charge in [0.15, 0.2) is 5.56 Å². The molecular weight excluding hydrogens is 532 g/mol. The Labute approximate surface area is 222 Å². The monoisotopic (exact) mass is 561 g/mol. The SMILES string of the molecule is O=C(NCCCCN1CCN(CCCO)CC1)Nc1snc(OCc2cc(F)c(Cl)cc2F)c1C(=O)O. The van der Waals surface area contributed by atoms with E-state index in [4.69, 9.17) is 21.4 Å². The van der Waals surface area contributed by atoms with Crippen molar-refractivity contribution in [1.82, 2.24) is 19.5 Å². The molecule has 0 unspecified atom stereocenters. The number of aliphatic hydroxyl groups excluding tert-OH is 1. The van der Waals surface area contributed by atoms with Crippen molar-refractivity contribution in [2.75, 3.05) is 57.7 Å². The van der Waals surface area contributed by atoms with Crippen molar-refractivity contribution in [2.24, 2.45) is 0 Å². The lowest BCUT2D eigenvalue weighted by Crippen LogP contribution is -2.46. The van der Waals surface area contributed by atoms with Crippen LogP contribution in [-0.2, 0) is 6.61 Å². The minimum Gasteiger partial charge on any atom is -0.477 e. The lowest BCUT2D eigenvalue weighted by Gasteiger charge is -2.34. The topological polar surface area (TPSA) is 127 Å². The van der Waals surface area contributed by atoms with Gasteiger partial charge in [-0.3, -0.25) is 5.32 Å². The molecule has 1 saturated heterocycles. The van der Waals surface area contributed by atoms with Gasteiger partial charge in [-0.15, -0.1) is 0 Å². The number of nitrogens with one attached hydrogen (secondary N) is 2. The van der Waals surface area contributed by atoms with Crippen molar-refractivity contribution < 1.29 is 33.3 Å². The summed E-state index contributed by atoms with van der Waals surface area (Å²) in [5.41, 5.74) is -0.546. The van der Waals surface area contributed by atoms with Crippen LogP contribution in [0.4, 0.5) is 18.6 Å². The average molecular weight is 562 g/mol. The highest BCUT2D eigenvalue weighted by molar-refractivity contribution is 7.11. The summed E-state index contributed by atoms with van der Waals surface area (Å²) in [5.74, 6) is -3.36. The van der Waals surface area contributed by atoms with E-state index in [1.54, 1.807) is 0 Å². The summed E-state index contributed by atoms with van der Waals surface area (Å²) in [7, 11) is 0. The van der Waals surface area contributed by atoms with Crippen LogP contribution < -0.4 is 15.4 Å². The highest BCUT2D eigenvalue weighted by Gasteiger charge is 2.24. The summed E-state index contributed by atoms with van der Waals surface area (Å²) >= 11 is 6.23. The summed E-state index contributed by atoms with van der Waals surface area (Å²) in [4.78, 5) is 28.7. The van der Waals surface area contributed by atoms with Gasteiger partial charge < -0.3 is 30.1 Å². The van der Waals surface area contributed by atoms with Crippen molar-refractivity contribution in [1.29, 1.82) is 0 Å². The zero-order valence-electron chi connectivity index (χ0n) is 20.1. The number of halogens is 3.